The molecule has 3 fully saturated rings. The van der Waals surface area contributed by atoms with Gasteiger partial charge < -0.3 is 14.9 Å². The Morgan fingerprint density at radius 2 is 1.38 bits per heavy atom. The first-order valence-corrected chi connectivity index (χ1v) is 4.97. The summed E-state index contributed by atoms with van der Waals surface area (Å²) in [6, 6.07) is 0. The van der Waals surface area contributed by atoms with E-state index in [0.717, 1.165) is 0 Å². The van der Waals surface area contributed by atoms with Crippen molar-refractivity contribution >= 4 is 0 Å². The average molecular weight is 184 g/mol. The molecule has 3 aliphatic rings. The fourth-order valence-corrected chi connectivity index (χ4v) is 3.34. The summed E-state index contributed by atoms with van der Waals surface area (Å²) >= 11 is 0. The second kappa shape index (κ2) is 1.95. The minimum Gasteiger partial charge on any atom is -0.396 e. The largest absolute Gasteiger partial charge is 0.396 e. The lowest BCUT2D eigenvalue weighted by atomic mass is 9.99. The molecule has 3 nitrogen and oxygen atoms in total. The van der Waals surface area contributed by atoms with Crippen molar-refractivity contribution in [1.29, 1.82) is 0 Å². The first kappa shape index (κ1) is 8.21. The van der Waals surface area contributed by atoms with E-state index in [1.165, 1.54) is 0 Å². The Morgan fingerprint density at radius 3 is 1.69 bits per heavy atom. The molecule has 0 unspecified atom stereocenters. The van der Waals surface area contributed by atoms with Crippen LogP contribution in [-0.4, -0.2) is 35.6 Å². The second-order valence-corrected chi connectivity index (χ2v) is 5.36. The van der Waals surface area contributed by atoms with E-state index < -0.39 is 0 Å². The minimum absolute atomic E-state index is 0.00586. The Labute approximate surface area is 77.7 Å². The van der Waals surface area contributed by atoms with Crippen LogP contribution in [0.5, 0.6) is 0 Å². The highest BCUT2D eigenvalue weighted by molar-refractivity contribution is 5.30. The summed E-state index contributed by atoms with van der Waals surface area (Å²) in [5.74, 6) is 0.999. The van der Waals surface area contributed by atoms with Crippen LogP contribution in [0.4, 0.5) is 0 Å². The SMILES string of the molecule is C[C@@]1(CO)[C@H]2[C@H]3[C@@H](O[C@H]21)[C@]3(C)CO. The Morgan fingerprint density at radius 1 is 1.00 bits per heavy atom. The van der Waals surface area contributed by atoms with Gasteiger partial charge in [-0.3, -0.25) is 0 Å². The molecule has 0 amide bonds. The summed E-state index contributed by atoms with van der Waals surface area (Å²) < 4.78 is 5.80. The number of hydrogen-bond acceptors (Lipinski definition) is 3. The molecule has 0 aromatic heterocycles. The third kappa shape index (κ3) is 0.661. The Hall–Kier alpha value is -0.120. The van der Waals surface area contributed by atoms with E-state index in [9.17, 15) is 10.2 Å². The predicted octanol–water partition coefficient (Wildman–Crippen LogP) is 0.0106. The lowest BCUT2D eigenvalue weighted by Crippen LogP contribution is -2.15. The molecule has 6 atom stereocenters. The standard InChI is InChI=1S/C10H16O3/c1-9(3-11)5-6-8(13-7(5)9)10(6,2)4-12/h5-8,11-12H,3-4H2,1-2H3/t5-,6-,7+,8+,9+,10+/m0/s1. The van der Waals surface area contributed by atoms with Gasteiger partial charge >= 0.3 is 0 Å². The van der Waals surface area contributed by atoms with Crippen molar-refractivity contribution in [2.75, 3.05) is 13.2 Å². The Bertz CT molecular complexity index is 241. The molecule has 0 aromatic rings. The Kier molecular flexibility index (Phi) is 1.23. The van der Waals surface area contributed by atoms with Crippen LogP contribution in [0.1, 0.15) is 13.8 Å². The van der Waals surface area contributed by atoms with Gasteiger partial charge in [-0.1, -0.05) is 13.8 Å². The van der Waals surface area contributed by atoms with E-state index >= 15 is 0 Å². The van der Waals surface area contributed by atoms with Crippen LogP contribution in [0.15, 0.2) is 0 Å². The van der Waals surface area contributed by atoms with Gasteiger partial charge in [-0.25, -0.2) is 0 Å². The third-order valence-corrected chi connectivity index (χ3v) is 4.62. The second-order valence-electron chi connectivity index (χ2n) is 5.36. The highest BCUT2D eigenvalue weighted by Gasteiger charge is 2.84. The molecular formula is C10H16O3. The molecule has 2 saturated carbocycles. The van der Waals surface area contributed by atoms with Crippen LogP contribution in [-0.2, 0) is 4.74 Å². The normalized spacial score (nSPS) is 67.4. The lowest BCUT2D eigenvalue weighted by Gasteiger charge is -2.10. The summed E-state index contributed by atoms with van der Waals surface area (Å²) in [6.45, 7) is 4.59. The molecule has 0 radical (unpaired) electrons. The first-order chi connectivity index (χ1) is 6.09. The maximum absolute atomic E-state index is 9.21. The molecule has 2 N–H and O–H groups in total. The highest BCUT2D eigenvalue weighted by atomic mass is 16.5. The molecule has 0 spiro atoms. The molecule has 1 aliphatic heterocycles. The van der Waals surface area contributed by atoms with Gasteiger partial charge in [-0.05, 0) is 0 Å². The number of ether oxygens (including phenoxy) is 1. The summed E-state index contributed by atoms with van der Waals surface area (Å²) in [5, 5.41) is 18.4. The molecule has 0 bridgehead atoms. The molecule has 74 valence electrons. The maximum Gasteiger partial charge on any atom is 0.0697 e. The summed E-state index contributed by atoms with van der Waals surface area (Å²) in [7, 11) is 0. The van der Waals surface area contributed by atoms with Crippen molar-refractivity contribution in [3.63, 3.8) is 0 Å². The molecule has 13 heavy (non-hydrogen) atoms. The lowest BCUT2D eigenvalue weighted by molar-refractivity contribution is 0.0367. The van der Waals surface area contributed by atoms with Crippen LogP contribution in [0, 0.1) is 22.7 Å². The van der Waals surface area contributed by atoms with Crippen molar-refractivity contribution < 1.29 is 14.9 Å². The molecule has 1 heterocycles. The van der Waals surface area contributed by atoms with Gasteiger partial charge in [0.25, 0.3) is 0 Å². The van der Waals surface area contributed by atoms with Crippen LogP contribution in [0.3, 0.4) is 0 Å². The van der Waals surface area contributed by atoms with Gasteiger partial charge in [0.05, 0.1) is 25.4 Å². The van der Waals surface area contributed by atoms with Gasteiger partial charge in [0.15, 0.2) is 0 Å². The number of rotatable bonds is 2. The number of hydrogen-bond donors (Lipinski definition) is 2. The zero-order valence-corrected chi connectivity index (χ0v) is 8.03. The monoisotopic (exact) mass is 184 g/mol. The number of aliphatic hydroxyl groups is 2. The van der Waals surface area contributed by atoms with E-state index in [1.54, 1.807) is 0 Å². The van der Waals surface area contributed by atoms with Gasteiger partial charge in [-0.2, -0.15) is 0 Å². The van der Waals surface area contributed by atoms with E-state index in [0.29, 0.717) is 11.8 Å². The van der Waals surface area contributed by atoms with Crippen molar-refractivity contribution in [3.05, 3.63) is 0 Å². The smallest absolute Gasteiger partial charge is 0.0697 e. The van der Waals surface area contributed by atoms with Crippen molar-refractivity contribution in [2.24, 2.45) is 22.7 Å². The maximum atomic E-state index is 9.21. The topological polar surface area (TPSA) is 49.7 Å². The average Bonchev–Trinajstić information content (AvgIpc) is 2.81. The molecule has 2 aliphatic carbocycles. The molecule has 0 aromatic carbocycles. The van der Waals surface area contributed by atoms with Crippen molar-refractivity contribution in [3.8, 4) is 0 Å². The van der Waals surface area contributed by atoms with Crippen LogP contribution >= 0.6 is 0 Å². The molecular weight excluding hydrogens is 168 g/mol. The number of fused-ring (bicyclic) bond motifs is 3. The van der Waals surface area contributed by atoms with Crippen molar-refractivity contribution in [1.82, 2.24) is 0 Å². The molecule has 1 saturated heterocycles. The zero-order chi connectivity index (χ0) is 9.43. The summed E-state index contributed by atoms with van der Waals surface area (Å²) in [6.07, 6.45) is 0.541. The van der Waals surface area contributed by atoms with E-state index in [1.807, 2.05) is 0 Å². The molecule has 3 rings (SSSR count). The number of aliphatic hydroxyl groups excluding tert-OH is 2. The van der Waals surface area contributed by atoms with Crippen LogP contribution < -0.4 is 0 Å². The fourth-order valence-electron chi connectivity index (χ4n) is 3.34. The summed E-state index contributed by atoms with van der Waals surface area (Å²) in [4.78, 5) is 0. The van der Waals surface area contributed by atoms with Crippen LogP contribution in [0.25, 0.3) is 0 Å². The van der Waals surface area contributed by atoms with Crippen molar-refractivity contribution in [2.45, 2.75) is 26.1 Å². The zero-order valence-electron chi connectivity index (χ0n) is 8.03. The Balaban J connectivity index is 1.81. The van der Waals surface area contributed by atoms with Gasteiger partial charge in [0.1, 0.15) is 0 Å². The quantitative estimate of drug-likeness (QED) is 0.635. The van der Waals surface area contributed by atoms with E-state index in [-0.39, 0.29) is 36.3 Å². The third-order valence-electron chi connectivity index (χ3n) is 4.62. The predicted molar refractivity (Wildman–Crippen MR) is 46.0 cm³/mol. The van der Waals surface area contributed by atoms with E-state index in [4.69, 9.17) is 4.74 Å². The minimum atomic E-state index is -0.00586. The van der Waals surface area contributed by atoms with Gasteiger partial charge in [0, 0.05) is 22.7 Å². The highest BCUT2D eigenvalue weighted by Crippen LogP contribution is 2.77. The fraction of sp³-hybridized carbons (Fsp3) is 1.00. The van der Waals surface area contributed by atoms with Crippen LogP contribution in [0.2, 0.25) is 0 Å². The van der Waals surface area contributed by atoms with Gasteiger partial charge in [-0.15, -0.1) is 0 Å². The van der Waals surface area contributed by atoms with E-state index in [2.05, 4.69) is 13.8 Å². The van der Waals surface area contributed by atoms with Gasteiger partial charge in [0.2, 0.25) is 0 Å². The first-order valence-electron chi connectivity index (χ1n) is 4.97. The summed E-state index contributed by atoms with van der Waals surface area (Å²) in [5.41, 5.74) is -0.0117. The molecule has 3 heteroatoms.